The molecule has 0 spiro atoms. The molecule has 3 N–H and O–H groups in total. The number of carbonyl (C=O) groups excluding carboxylic acids is 1. The molecular formula is C10H12FNO3. The predicted molar refractivity (Wildman–Crippen MR) is 52.7 cm³/mol. The fourth-order valence-electron chi connectivity index (χ4n) is 0.821. The van der Waals surface area contributed by atoms with E-state index in [9.17, 15) is 14.3 Å². The molecule has 0 aliphatic carbocycles. The van der Waals surface area contributed by atoms with E-state index in [0.29, 0.717) is 0 Å². The maximum Gasteiger partial charge on any atom is 0.342 e. The molecule has 1 aromatic rings. The molecular weight excluding hydrogens is 201 g/mol. The van der Waals surface area contributed by atoms with Crippen LogP contribution in [-0.4, -0.2) is 16.7 Å². The molecule has 0 unspecified atom stereocenters. The molecule has 82 valence electrons. The van der Waals surface area contributed by atoms with Crippen LogP contribution in [-0.2, 0) is 4.79 Å². The van der Waals surface area contributed by atoms with Gasteiger partial charge in [-0.3, -0.25) is 0 Å². The van der Waals surface area contributed by atoms with Gasteiger partial charge in [0, 0.05) is 6.07 Å². The summed E-state index contributed by atoms with van der Waals surface area (Å²) in [7, 11) is 0. The lowest BCUT2D eigenvalue weighted by Gasteiger charge is -2.16. The lowest BCUT2D eigenvalue weighted by atomic mass is 10.1. The molecule has 0 aliphatic heterocycles. The van der Waals surface area contributed by atoms with Gasteiger partial charge in [0.25, 0.3) is 0 Å². The van der Waals surface area contributed by atoms with E-state index in [-0.39, 0.29) is 11.4 Å². The van der Waals surface area contributed by atoms with Crippen molar-refractivity contribution in [1.29, 1.82) is 0 Å². The van der Waals surface area contributed by atoms with Crippen molar-refractivity contribution in [2.75, 3.05) is 5.73 Å². The van der Waals surface area contributed by atoms with Crippen LogP contribution in [0.15, 0.2) is 18.2 Å². The minimum atomic E-state index is -1.64. The van der Waals surface area contributed by atoms with Crippen molar-refractivity contribution in [3.05, 3.63) is 24.0 Å². The third-order valence-corrected chi connectivity index (χ3v) is 1.68. The van der Waals surface area contributed by atoms with Crippen LogP contribution in [0.1, 0.15) is 13.8 Å². The van der Waals surface area contributed by atoms with E-state index in [0.717, 1.165) is 12.1 Å². The molecule has 5 heteroatoms. The number of nitrogens with two attached hydrogens (primary N) is 1. The van der Waals surface area contributed by atoms with Gasteiger partial charge >= 0.3 is 5.97 Å². The van der Waals surface area contributed by atoms with Gasteiger partial charge in [0.05, 0.1) is 5.69 Å². The Hall–Kier alpha value is -1.62. The molecule has 1 aromatic carbocycles. The number of anilines is 1. The molecule has 0 fully saturated rings. The maximum atomic E-state index is 12.8. The zero-order valence-corrected chi connectivity index (χ0v) is 8.45. The Morgan fingerprint density at radius 3 is 2.67 bits per heavy atom. The van der Waals surface area contributed by atoms with Crippen molar-refractivity contribution in [3.8, 4) is 5.75 Å². The first-order chi connectivity index (χ1) is 6.80. The van der Waals surface area contributed by atoms with Crippen molar-refractivity contribution in [2.24, 2.45) is 0 Å². The third kappa shape index (κ3) is 2.92. The number of rotatable bonds is 2. The summed E-state index contributed by atoms with van der Waals surface area (Å²) in [4.78, 5) is 11.2. The smallest absolute Gasteiger partial charge is 0.342 e. The molecule has 0 radical (unpaired) electrons. The highest BCUT2D eigenvalue weighted by Crippen LogP contribution is 2.23. The van der Waals surface area contributed by atoms with Crippen LogP contribution in [0.4, 0.5) is 10.1 Å². The first-order valence-corrected chi connectivity index (χ1v) is 4.30. The Bertz CT molecular complexity index is 385. The molecule has 0 atom stereocenters. The second-order valence-electron chi connectivity index (χ2n) is 3.63. The van der Waals surface area contributed by atoms with Crippen LogP contribution < -0.4 is 10.5 Å². The van der Waals surface area contributed by atoms with E-state index in [1.165, 1.54) is 19.9 Å². The van der Waals surface area contributed by atoms with Crippen molar-refractivity contribution in [2.45, 2.75) is 19.4 Å². The highest BCUT2D eigenvalue weighted by Gasteiger charge is 2.26. The second-order valence-corrected chi connectivity index (χ2v) is 3.63. The maximum absolute atomic E-state index is 12.8. The van der Waals surface area contributed by atoms with E-state index >= 15 is 0 Å². The molecule has 0 heterocycles. The highest BCUT2D eigenvalue weighted by atomic mass is 19.1. The van der Waals surface area contributed by atoms with Gasteiger partial charge in [0.15, 0.2) is 11.4 Å². The fourth-order valence-corrected chi connectivity index (χ4v) is 0.821. The van der Waals surface area contributed by atoms with Gasteiger partial charge in [-0.25, -0.2) is 9.18 Å². The zero-order chi connectivity index (χ0) is 11.6. The fraction of sp³-hybridized carbons (Fsp3) is 0.300. The quantitative estimate of drug-likeness (QED) is 0.438. The van der Waals surface area contributed by atoms with Crippen molar-refractivity contribution >= 4 is 11.7 Å². The van der Waals surface area contributed by atoms with Crippen LogP contribution in [0, 0.1) is 5.82 Å². The van der Waals surface area contributed by atoms with Crippen molar-refractivity contribution < 1.29 is 19.0 Å². The summed E-state index contributed by atoms with van der Waals surface area (Å²) in [5.74, 6) is -1.55. The van der Waals surface area contributed by atoms with Gasteiger partial charge in [-0.1, -0.05) is 0 Å². The third-order valence-electron chi connectivity index (χ3n) is 1.68. The normalized spacial score (nSPS) is 11.2. The average Bonchev–Trinajstić information content (AvgIpc) is 2.09. The van der Waals surface area contributed by atoms with Gasteiger partial charge in [-0.2, -0.15) is 0 Å². The first-order valence-electron chi connectivity index (χ1n) is 4.30. The second kappa shape index (κ2) is 3.86. The molecule has 0 bridgehead atoms. The van der Waals surface area contributed by atoms with E-state index in [4.69, 9.17) is 10.5 Å². The summed E-state index contributed by atoms with van der Waals surface area (Å²) in [6.07, 6.45) is 0. The van der Waals surface area contributed by atoms with Crippen LogP contribution >= 0.6 is 0 Å². The Labute approximate surface area is 86.5 Å². The van der Waals surface area contributed by atoms with Gasteiger partial charge in [-0.05, 0) is 26.0 Å². The SMILES string of the molecule is CC(C)(O)C(=O)Oc1cc(F)ccc1N. The van der Waals surface area contributed by atoms with Crippen LogP contribution in [0.5, 0.6) is 5.75 Å². The Morgan fingerprint density at radius 1 is 1.53 bits per heavy atom. The number of esters is 1. The molecule has 0 amide bonds. The average molecular weight is 213 g/mol. The van der Waals surface area contributed by atoms with Crippen LogP contribution in [0.2, 0.25) is 0 Å². The topological polar surface area (TPSA) is 72.5 Å². The van der Waals surface area contributed by atoms with Crippen molar-refractivity contribution in [1.82, 2.24) is 0 Å². The van der Waals surface area contributed by atoms with Gasteiger partial charge in [0.2, 0.25) is 0 Å². The summed E-state index contributed by atoms with van der Waals surface area (Å²) in [5, 5.41) is 9.30. The van der Waals surface area contributed by atoms with Crippen LogP contribution in [0.25, 0.3) is 0 Å². The Kier molecular flexibility index (Phi) is 2.95. The zero-order valence-electron chi connectivity index (χ0n) is 8.45. The van der Waals surface area contributed by atoms with Gasteiger partial charge in [0.1, 0.15) is 5.82 Å². The standard InChI is InChI=1S/C10H12FNO3/c1-10(2,14)9(13)15-8-5-6(11)3-4-7(8)12/h3-5,14H,12H2,1-2H3. The summed E-state index contributed by atoms with van der Waals surface area (Å²) < 4.78 is 17.5. The molecule has 0 saturated carbocycles. The molecule has 0 aliphatic rings. The minimum absolute atomic E-state index is 0.0953. The number of nitrogen functional groups attached to an aromatic ring is 1. The lowest BCUT2D eigenvalue weighted by Crippen LogP contribution is -2.35. The Balaban J connectivity index is 2.90. The number of aliphatic hydroxyl groups is 1. The van der Waals surface area contributed by atoms with Crippen molar-refractivity contribution in [3.63, 3.8) is 0 Å². The summed E-state index contributed by atoms with van der Waals surface area (Å²) in [6, 6.07) is 3.41. The van der Waals surface area contributed by atoms with E-state index in [1.807, 2.05) is 0 Å². The van der Waals surface area contributed by atoms with Gasteiger partial charge < -0.3 is 15.6 Å². The molecule has 0 saturated heterocycles. The molecule has 0 aromatic heterocycles. The largest absolute Gasteiger partial charge is 0.422 e. The number of halogens is 1. The molecule has 4 nitrogen and oxygen atoms in total. The highest BCUT2D eigenvalue weighted by molar-refractivity contribution is 5.81. The monoisotopic (exact) mass is 213 g/mol. The van der Waals surface area contributed by atoms with E-state index < -0.39 is 17.4 Å². The molecule has 1 rings (SSSR count). The minimum Gasteiger partial charge on any atom is -0.422 e. The van der Waals surface area contributed by atoms with Gasteiger partial charge in [-0.15, -0.1) is 0 Å². The van der Waals surface area contributed by atoms with E-state index in [1.54, 1.807) is 0 Å². The number of carbonyl (C=O) groups is 1. The summed E-state index contributed by atoms with van der Waals surface area (Å²) in [5.41, 5.74) is 3.95. The number of benzene rings is 1. The number of hydrogen-bond donors (Lipinski definition) is 2. The number of hydrogen-bond acceptors (Lipinski definition) is 4. The lowest BCUT2D eigenvalue weighted by molar-refractivity contribution is -0.151. The predicted octanol–water partition coefficient (Wildman–Crippen LogP) is 1.08. The van der Waals surface area contributed by atoms with Crippen LogP contribution in [0.3, 0.4) is 0 Å². The number of ether oxygens (including phenoxy) is 1. The Morgan fingerprint density at radius 2 is 2.13 bits per heavy atom. The first kappa shape index (κ1) is 11.5. The van der Waals surface area contributed by atoms with E-state index in [2.05, 4.69) is 0 Å². The summed E-state index contributed by atoms with van der Waals surface area (Å²) >= 11 is 0. The molecule has 15 heavy (non-hydrogen) atoms. The summed E-state index contributed by atoms with van der Waals surface area (Å²) in [6.45, 7) is 2.54.